The Bertz CT molecular complexity index is 1320. The van der Waals surface area contributed by atoms with E-state index in [4.69, 9.17) is 4.74 Å². The van der Waals surface area contributed by atoms with Crippen LogP contribution in [0.3, 0.4) is 0 Å². The van der Waals surface area contributed by atoms with Crippen LogP contribution in [0.4, 0.5) is 11.4 Å². The molecule has 1 heterocycles. The lowest BCUT2D eigenvalue weighted by atomic mass is 10.2. The Morgan fingerprint density at radius 1 is 0.938 bits per heavy atom. The number of nitro groups is 2. The highest BCUT2D eigenvalue weighted by Crippen LogP contribution is 2.36. The Balaban J connectivity index is 1.82. The fourth-order valence-corrected chi connectivity index (χ4v) is 4.11. The Hall–Kier alpha value is -3.58. The number of non-ortho nitro benzene ring substituents is 1. The molecule has 0 atom stereocenters. The monoisotopic (exact) mass is 566 g/mol. The summed E-state index contributed by atoms with van der Waals surface area (Å²) >= 11 is 6.78. The molecule has 2 N–H and O–H groups in total. The van der Waals surface area contributed by atoms with Crippen LogP contribution >= 0.6 is 31.9 Å². The van der Waals surface area contributed by atoms with Gasteiger partial charge in [-0.2, -0.15) is 0 Å². The molecule has 32 heavy (non-hydrogen) atoms. The number of ether oxygens (including phenoxy) is 1. The van der Waals surface area contributed by atoms with E-state index in [1.54, 1.807) is 24.3 Å². The molecule has 0 fully saturated rings. The van der Waals surface area contributed by atoms with Crippen molar-refractivity contribution in [3.05, 3.63) is 103 Å². The minimum Gasteiger partial charge on any atom is -0.487 e. The molecule has 0 saturated heterocycles. The summed E-state index contributed by atoms with van der Waals surface area (Å²) in [6.45, 7) is 0.157. The number of nitrogens with zero attached hydrogens (tertiary/aromatic N) is 2. The van der Waals surface area contributed by atoms with E-state index in [1.807, 2.05) is 4.98 Å². The molecule has 3 rings (SSSR count). The number of nitrogens with one attached hydrogen (secondary N) is 2. The minimum absolute atomic E-state index is 0.0192. The third kappa shape index (κ3) is 5.36. The van der Waals surface area contributed by atoms with Crippen molar-refractivity contribution in [1.82, 2.24) is 9.97 Å². The minimum atomic E-state index is -1.10. The second kappa shape index (κ2) is 9.70. The van der Waals surface area contributed by atoms with Gasteiger partial charge >= 0.3 is 16.9 Å². The lowest BCUT2D eigenvalue weighted by molar-refractivity contribution is -0.386. The zero-order chi connectivity index (χ0) is 23.4. The lowest BCUT2D eigenvalue weighted by Gasteiger charge is -2.11. The van der Waals surface area contributed by atoms with Gasteiger partial charge in [0.1, 0.15) is 18.1 Å². The topological polar surface area (TPSA) is 161 Å². The van der Waals surface area contributed by atoms with Crippen LogP contribution < -0.4 is 16.0 Å². The van der Waals surface area contributed by atoms with Crippen molar-refractivity contribution in [2.24, 2.45) is 0 Å². The average molecular weight is 568 g/mol. The first-order chi connectivity index (χ1) is 15.2. The highest BCUT2D eigenvalue weighted by Gasteiger charge is 2.19. The summed E-state index contributed by atoms with van der Waals surface area (Å²) in [6, 6.07) is 9.29. The highest BCUT2D eigenvalue weighted by molar-refractivity contribution is 9.11. The molecule has 0 spiro atoms. The number of benzene rings is 2. The maximum Gasteiger partial charge on any atom is 0.357 e. The van der Waals surface area contributed by atoms with Gasteiger partial charge in [0.15, 0.2) is 0 Å². The summed E-state index contributed by atoms with van der Waals surface area (Å²) in [5.41, 5.74) is -1.69. The molecule has 0 bridgehead atoms. The van der Waals surface area contributed by atoms with Gasteiger partial charge in [-0.3, -0.25) is 30.0 Å². The zero-order valence-electron chi connectivity index (χ0n) is 15.8. The molecular weight excluding hydrogens is 556 g/mol. The average Bonchev–Trinajstić information content (AvgIpc) is 2.71. The lowest BCUT2D eigenvalue weighted by Crippen LogP contribution is -2.25. The summed E-state index contributed by atoms with van der Waals surface area (Å²) < 4.78 is 6.90. The Labute approximate surface area is 195 Å². The van der Waals surface area contributed by atoms with Crippen LogP contribution in [-0.4, -0.2) is 19.8 Å². The summed E-state index contributed by atoms with van der Waals surface area (Å²) in [5, 5.41) is 21.9. The molecule has 0 unspecified atom stereocenters. The van der Waals surface area contributed by atoms with Gasteiger partial charge in [-0.25, -0.2) is 4.79 Å². The van der Waals surface area contributed by atoms with Crippen LogP contribution in [0.15, 0.2) is 54.9 Å². The van der Waals surface area contributed by atoms with Gasteiger partial charge in [0.2, 0.25) is 0 Å². The second-order valence-corrected chi connectivity index (χ2v) is 8.00. The summed E-state index contributed by atoms with van der Waals surface area (Å²) in [7, 11) is 0. The number of hydrogen-bond donors (Lipinski definition) is 2. The number of aromatic amines is 2. The first kappa shape index (κ1) is 23.1. The van der Waals surface area contributed by atoms with Crippen molar-refractivity contribution in [1.29, 1.82) is 0 Å². The smallest absolute Gasteiger partial charge is 0.357 e. The second-order valence-electron chi connectivity index (χ2n) is 6.29. The van der Waals surface area contributed by atoms with E-state index in [2.05, 4.69) is 36.8 Å². The predicted octanol–water partition coefficient (Wildman–Crippen LogP) is 4.15. The van der Waals surface area contributed by atoms with Crippen LogP contribution in [0.5, 0.6) is 5.75 Å². The van der Waals surface area contributed by atoms with Gasteiger partial charge in [0, 0.05) is 12.1 Å². The van der Waals surface area contributed by atoms with Gasteiger partial charge in [0.05, 0.1) is 18.8 Å². The fraction of sp³-hybridized carbons (Fsp3) is 0.0526. The normalized spacial score (nSPS) is 10.9. The summed E-state index contributed by atoms with van der Waals surface area (Å²) in [4.78, 5) is 47.7. The number of halogens is 2. The molecule has 2 aromatic carbocycles. The first-order valence-electron chi connectivity index (χ1n) is 8.70. The van der Waals surface area contributed by atoms with Crippen LogP contribution in [0.1, 0.15) is 16.8 Å². The van der Waals surface area contributed by atoms with Crippen molar-refractivity contribution in [3.8, 4) is 5.75 Å². The van der Waals surface area contributed by atoms with E-state index in [9.17, 15) is 29.8 Å². The highest BCUT2D eigenvalue weighted by atomic mass is 79.9. The molecule has 13 heteroatoms. The quantitative estimate of drug-likeness (QED) is 0.320. The van der Waals surface area contributed by atoms with Gasteiger partial charge in [-0.15, -0.1) is 0 Å². The molecule has 164 valence electrons. The summed E-state index contributed by atoms with van der Waals surface area (Å²) in [6.07, 6.45) is 2.73. The fourth-order valence-electron chi connectivity index (χ4n) is 2.66. The SMILES string of the molecule is O=c1[nH]c(/C=C/c2cc(Br)c(OCc3ccc([N+](=O)[O-])cc3)c(Br)c2)c([N+](=O)[O-])c(=O)[nH]1. The number of rotatable bonds is 7. The predicted molar refractivity (Wildman–Crippen MR) is 123 cm³/mol. The Morgan fingerprint density at radius 3 is 2.12 bits per heavy atom. The van der Waals surface area contributed by atoms with E-state index in [0.29, 0.717) is 20.3 Å². The van der Waals surface area contributed by atoms with Gasteiger partial charge in [0.25, 0.3) is 5.69 Å². The van der Waals surface area contributed by atoms with Crippen LogP contribution in [0.2, 0.25) is 0 Å². The number of aromatic nitrogens is 2. The number of nitro benzene ring substituents is 1. The molecule has 11 nitrogen and oxygen atoms in total. The van der Waals surface area contributed by atoms with E-state index in [1.165, 1.54) is 24.3 Å². The molecule has 0 aliphatic rings. The summed E-state index contributed by atoms with van der Waals surface area (Å²) in [5.74, 6) is 0.469. The van der Waals surface area contributed by atoms with Crippen molar-refractivity contribution in [3.63, 3.8) is 0 Å². The molecule has 0 radical (unpaired) electrons. The van der Waals surface area contributed by atoms with Crippen LogP contribution in [0.25, 0.3) is 12.2 Å². The molecule has 0 saturated carbocycles. The third-order valence-corrected chi connectivity index (χ3v) is 5.30. The largest absolute Gasteiger partial charge is 0.487 e. The van der Waals surface area contributed by atoms with Crippen molar-refractivity contribution in [2.45, 2.75) is 6.61 Å². The van der Waals surface area contributed by atoms with Crippen molar-refractivity contribution in [2.75, 3.05) is 0 Å². The van der Waals surface area contributed by atoms with Crippen molar-refractivity contribution >= 4 is 55.4 Å². The van der Waals surface area contributed by atoms with E-state index >= 15 is 0 Å². The standard InChI is InChI=1S/C19H12Br2N4O7/c20-13-7-11(3-6-15-16(25(30)31)18(26)23-19(27)22-15)8-14(21)17(13)32-9-10-1-4-12(5-2-10)24(28)29/h1-8H,9H2,(H2,22,23,26,27)/b6-3+. The van der Waals surface area contributed by atoms with Gasteiger partial charge in [-0.1, -0.05) is 6.08 Å². The number of hydrogen-bond acceptors (Lipinski definition) is 7. The van der Waals surface area contributed by atoms with Crippen LogP contribution in [0, 0.1) is 20.2 Å². The molecule has 0 aliphatic carbocycles. The zero-order valence-corrected chi connectivity index (χ0v) is 19.0. The number of H-pyrrole nitrogens is 2. The first-order valence-corrected chi connectivity index (χ1v) is 10.3. The van der Waals surface area contributed by atoms with E-state index in [-0.39, 0.29) is 18.0 Å². The molecule has 0 aliphatic heterocycles. The molecular formula is C19H12Br2N4O7. The van der Waals surface area contributed by atoms with Crippen LogP contribution in [-0.2, 0) is 6.61 Å². The molecule has 0 amide bonds. The Kier molecular flexibility index (Phi) is 7.00. The van der Waals surface area contributed by atoms with E-state index < -0.39 is 26.8 Å². The van der Waals surface area contributed by atoms with E-state index in [0.717, 1.165) is 5.56 Å². The van der Waals surface area contributed by atoms with Crippen molar-refractivity contribution < 1.29 is 14.6 Å². The maximum atomic E-state index is 11.7. The Morgan fingerprint density at radius 2 is 1.56 bits per heavy atom. The van der Waals surface area contributed by atoms with Gasteiger partial charge < -0.3 is 9.72 Å². The maximum absolute atomic E-state index is 11.7. The third-order valence-electron chi connectivity index (χ3n) is 4.12. The molecule has 3 aromatic rings. The molecule has 1 aromatic heterocycles. The van der Waals surface area contributed by atoms with Gasteiger partial charge in [-0.05, 0) is 73.3 Å².